The zero-order valence-electron chi connectivity index (χ0n) is 18.0. The zero-order chi connectivity index (χ0) is 20.8. The van der Waals surface area contributed by atoms with Crippen LogP contribution in [0, 0.1) is 0 Å². The fourth-order valence-corrected chi connectivity index (χ4v) is 4.11. The van der Waals surface area contributed by atoms with Gasteiger partial charge in [-0.15, -0.1) is 0 Å². The molecule has 1 aliphatic heterocycles. The predicted octanol–water partition coefficient (Wildman–Crippen LogP) is 3.60. The Morgan fingerprint density at radius 3 is 2.14 bits per heavy atom. The fraction of sp³-hybridized carbons (Fsp3) is 0.714. The molecule has 0 saturated carbocycles. The number of anilines is 2. The van der Waals surface area contributed by atoms with E-state index in [1.807, 2.05) is 0 Å². The lowest BCUT2D eigenvalue weighted by atomic mass is 10.2. The van der Waals surface area contributed by atoms with Gasteiger partial charge in [-0.3, -0.25) is 0 Å². The summed E-state index contributed by atoms with van der Waals surface area (Å²) in [6, 6.07) is 8.57. The van der Waals surface area contributed by atoms with Crippen LogP contribution in [0.1, 0.15) is 53.9 Å². The van der Waals surface area contributed by atoms with E-state index < -0.39 is 14.8 Å². The van der Waals surface area contributed by atoms with Gasteiger partial charge in [0.15, 0.2) is 0 Å². The van der Waals surface area contributed by atoms with Crippen LogP contribution < -0.4 is 14.9 Å². The van der Waals surface area contributed by atoms with E-state index in [1.165, 1.54) is 5.69 Å². The van der Waals surface area contributed by atoms with E-state index in [0.29, 0.717) is 6.54 Å². The first kappa shape index (κ1) is 23.0. The maximum absolute atomic E-state index is 12.0. The molecule has 0 radical (unpaired) electrons. The monoisotopic (exact) mass is 411 g/mol. The van der Waals surface area contributed by atoms with Gasteiger partial charge in [0.25, 0.3) is 0 Å². The molecular weight excluding hydrogens is 374 g/mol. The second-order valence-electron chi connectivity index (χ2n) is 8.71. The average Bonchev–Trinajstić information content (AvgIpc) is 2.59. The highest BCUT2D eigenvalue weighted by molar-refractivity contribution is 7.90. The molecule has 1 heterocycles. The first-order valence-electron chi connectivity index (χ1n) is 10.3. The molecule has 0 aromatic heterocycles. The summed E-state index contributed by atoms with van der Waals surface area (Å²) in [6.45, 7) is 12.6. The van der Waals surface area contributed by atoms with Gasteiger partial charge in [0.1, 0.15) is 0 Å². The number of hydrogen-bond donors (Lipinski definition) is 2. The molecule has 0 amide bonds. The summed E-state index contributed by atoms with van der Waals surface area (Å²) in [5.74, 6) is 0. The van der Waals surface area contributed by atoms with Gasteiger partial charge >= 0.3 is 0 Å². The maximum atomic E-state index is 12.0. The molecule has 2 unspecified atom stereocenters. The lowest BCUT2D eigenvalue weighted by molar-refractivity contribution is -0.00521. The molecule has 1 saturated heterocycles. The Morgan fingerprint density at radius 2 is 1.57 bits per heavy atom. The summed E-state index contributed by atoms with van der Waals surface area (Å²) >= 11 is 0. The van der Waals surface area contributed by atoms with Crippen molar-refractivity contribution in [1.29, 1.82) is 0 Å². The first-order valence-corrected chi connectivity index (χ1v) is 11.8. The molecule has 0 spiro atoms. The molecule has 6 nitrogen and oxygen atoms in total. The molecule has 1 fully saturated rings. The third kappa shape index (κ3) is 6.94. The van der Waals surface area contributed by atoms with Crippen LogP contribution in [0.25, 0.3) is 0 Å². The highest BCUT2D eigenvalue weighted by Gasteiger charge is 2.28. The van der Waals surface area contributed by atoms with Crippen molar-refractivity contribution >= 4 is 21.4 Å². The lowest BCUT2D eigenvalue weighted by Crippen LogP contribution is -2.45. The van der Waals surface area contributed by atoms with E-state index in [9.17, 15) is 8.42 Å². The van der Waals surface area contributed by atoms with Crippen molar-refractivity contribution in [3.05, 3.63) is 24.3 Å². The van der Waals surface area contributed by atoms with E-state index in [0.717, 1.165) is 44.6 Å². The van der Waals surface area contributed by atoms with Crippen LogP contribution in [-0.4, -0.2) is 51.6 Å². The molecule has 1 aromatic rings. The number of benzene rings is 1. The minimum atomic E-state index is -3.23. The van der Waals surface area contributed by atoms with Gasteiger partial charge in [-0.05, 0) is 71.7 Å². The normalized spacial score (nSPS) is 21.0. The summed E-state index contributed by atoms with van der Waals surface area (Å²) in [7, 11) is -3.23. The lowest BCUT2D eigenvalue weighted by Gasteiger charge is -2.36. The van der Waals surface area contributed by atoms with E-state index >= 15 is 0 Å². The number of morpholine rings is 1. The van der Waals surface area contributed by atoms with Crippen molar-refractivity contribution in [2.75, 3.05) is 36.4 Å². The van der Waals surface area contributed by atoms with Gasteiger partial charge < -0.3 is 15.0 Å². The Labute approximate surface area is 171 Å². The molecule has 0 aliphatic carbocycles. The van der Waals surface area contributed by atoms with Crippen molar-refractivity contribution in [2.24, 2.45) is 0 Å². The maximum Gasteiger partial charge on any atom is 0.216 e. The predicted molar refractivity (Wildman–Crippen MR) is 118 cm³/mol. The number of ether oxygens (including phenoxy) is 1. The largest absolute Gasteiger partial charge is 0.385 e. The molecule has 1 aliphatic rings. The topological polar surface area (TPSA) is 70.7 Å². The first-order chi connectivity index (χ1) is 13.1. The molecule has 160 valence electrons. The second-order valence-corrected chi connectivity index (χ2v) is 11.2. The number of rotatable bonds is 9. The minimum Gasteiger partial charge on any atom is -0.385 e. The Balaban J connectivity index is 1.65. The molecule has 2 atom stereocenters. The quantitative estimate of drug-likeness (QED) is 0.608. The van der Waals surface area contributed by atoms with Crippen LogP contribution >= 0.6 is 0 Å². The molecule has 7 heteroatoms. The van der Waals surface area contributed by atoms with Crippen molar-refractivity contribution < 1.29 is 13.2 Å². The van der Waals surface area contributed by atoms with Gasteiger partial charge in [-0.2, -0.15) is 0 Å². The van der Waals surface area contributed by atoms with Gasteiger partial charge in [0.2, 0.25) is 10.0 Å². The van der Waals surface area contributed by atoms with Gasteiger partial charge in [-0.1, -0.05) is 6.42 Å². The minimum absolute atomic E-state index is 0.259. The van der Waals surface area contributed by atoms with Crippen LogP contribution in [0.5, 0.6) is 0 Å². The van der Waals surface area contributed by atoms with Crippen molar-refractivity contribution in [1.82, 2.24) is 4.72 Å². The van der Waals surface area contributed by atoms with Crippen molar-refractivity contribution in [3.63, 3.8) is 0 Å². The van der Waals surface area contributed by atoms with Crippen molar-refractivity contribution in [2.45, 2.75) is 70.8 Å². The molecule has 2 rings (SSSR count). The third-order valence-corrected chi connectivity index (χ3v) is 7.13. The van der Waals surface area contributed by atoms with Gasteiger partial charge in [-0.25, -0.2) is 13.1 Å². The van der Waals surface area contributed by atoms with E-state index in [2.05, 4.69) is 53.1 Å². The number of nitrogens with zero attached hydrogens (tertiary/aromatic N) is 1. The zero-order valence-corrected chi connectivity index (χ0v) is 18.8. The summed E-state index contributed by atoms with van der Waals surface area (Å²) in [6.07, 6.45) is 3.37. The third-order valence-electron chi connectivity index (χ3n) is 4.93. The van der Waals surface area contributed by atoms with Crippen LogP contribution in [0.3, 0.4) is 0 Å². The molecule has 0 bridgehead atoms. The molecule has 28 heavy (non-hydrogen) atoms. The van der Waals surface area contributed by atoms with E-state index in [4.69, 9.17) is 4.74 Å². The second kappa shape index (κ2) is 9.94. The van der Waals surface area contributed by atoms with Crippen LogP contribution in [0.4, 0.5) is 11.4 Å². The molecular formula is C21H37N3O3S. The highest BCUT2D eigenvalue weighted by Crippen LogP contribution is 2.22. The van der Waals surface area contributed by atoms with Gasteiger partial charge in [0.05, 0.1) is 17.0 Å². The summed E-state index contributed by atoms with van der Waals surface area (Å²) in [5.41, 5.74) is 2.35. The Kier molecular flexibility index (Phi) is 8.16. The number of nitrogens with one attached hydrogen (secondary N) is 2. The van der Waals surface area contributed by atoms with E-state index in [1.54, 1.807) is 20.8 Å². The number of hydrogen-bond acceptors (Lipinski definition) is 5. The highest BCUT2D eigenvalue weighted by atomic mass is 32.2. The standard InChI is InChI=1S/C21H37N3O3S/c1-17-15-24(16-18(2)27-17)20-11-9-19(10-12-20)22-13-7-6-8-14-23-28(25,26)21(3,4)5/h9-12,17-18,22-23H,6-8,13-16H2,1-5H3. The Bertz CT molecular complexity index is 689. The molecule has 1 aromatic carbocycles. The van der Waals surface area contributed by atoms with E-state index in [-0.39, 0.29) is 12.2 Å². The number of unbranched alkanes of at least 4 members (excludes halogenated alkanes) is 2. The van der Waals surface area contributed by atoms with Crippen LogP contribution in [0.2, 0.25) is 0 Å². The summed E-state index contributed by atoms with van der Waals surface area (Å²) < 4.78 is 31.7. The fourth-order valence-electron chi connectivity index (χ4n) is 3.26. The SMILES string of the molecule is CC1CN(c2ccc(NCCCCCNS(=O)(=O)C(C)(C)C)cc2)CC(C)O1. The summed E-state index contributed by atoms with van der Waals surface area (Å²) in [5, 5.41) is 3.44. The smallest absolute Gasteiger partial charge is 0.216 e. The average molecular weight is 412 g/mol. The summed E-state index contributed by atoms with van der Waals surface area (Å²) in [4.78, 5) is 2.38. The van der Waals surface area contributed by atoms with Crippen molar-refractivity contribution in [3.8, 4) is 0 Å². The Hall–Kier alpha value is -1.31. The molecule has 2 N–H and O–H groups in total. The Morgan fingerprint density at radius 1 is 1.00 bits per heavy atom. The van der Waals surface area contributed by atoms with Gasteiger partial charge in [0, 0.05) is 37.6 Å². The van der Waals surface area contributed by atoms with Crippen LogP contribution in [-0.2, 0) is 14.8 Å². The van der Waals surface area contributed by atoms with Crippen LogP contribution in [0.15, 0.2) is 24.3 Å². The number of sulfonamides is 1.